The van der Waals surface area contributed by atoms with Crippen LogP contribution in [-0.2, 0) is 17.4 Å². The highest BCUT2D eigenvalue weighted by Crippen LogP contribution is 2.30. The van der Waals surface area contributed by atoms with Gasteiger partial charge < -0.3 is 10.2 Å². The van der Waals surface area contributed by atoms with Gasteiger partial charge in [-0.15, -0.1) is 0 Å². The largest absolute Gasteiger partial charge is 0.416 e. The Morgan fingerprint density at radius 3 is 2.47 bits per heavy atom. The number of likely N-dealkylation sites (tertiary alicyclic amines) is 1. The van der Waals surface area contributed by atoms with Crippen molar-refractivity contribution in [3.63, 3.8) is 0 Å². The number of benzene rings is 2. The molecule has 1 saturated heterocycles. The van der Waals surface area contributed by atoms with E-state index in [4.69, 9.17) is 0 Å². The highest BCUT2D eigenvalue weighted by molar-refractivity contribution is 6.06. The van der Waals surface area contributed by atoms with E-state index >= 15 is 0 Å². The molecule has 1 amide bonds. The summed E-state index contributed by atoms with van der Waals surface area (Å²) in [5, 5.41) is 11.7. The fourth-order valence-corrected chi connectivity index (χ4v) is 3.53. The molecular weight excluding hydrogens is 391 g/mol. The normalized spacial score (nSPS) is 15.5. The zero-order valence-corrected chi connectivity index (χ0v) is 16.3. The van der Waals surface area contributed by atoms with E-state index in [0.717, 1.165) is 44.5 Å². The molecule has 0 saturated carbocycles. The minimum Gasteiger partial charge on any atom is -0.376 e. The molecule has 2 aromatic carbocycles. The Bertz CT molecular complexity index is 940. The van der Waals surface area contributed by atoms with Crippen molar-refractivity contribution in [1.29, 1.82) is 5.26 Å². The predicted octanol–water partition coefficient (Wildman–Crippen LogP) is 5.01. The van der Waals surface area contributed by atoms with Crippen molar-refractivity contribution in [2.45, 2.75) is 25.4 Å². The lowest BCUT2D eigenvalue weighted by Crippen LogP contribution is -2.31. The van der Waals surface area contributed by atoms with Crippen LogP contribution < -0.4 is 5.32 Å². The predicted molar refractivity (Wildman–Crippen MR) is 108 cm³/mol. The molecule has 1 heterocycles. The van der Waals surface area contributed by atoms with Crippen LogP contribution in [0.1, 0.15) is 24.0 Å². The topological polar surface area (TPSA) is 56.1 Å². The quantitative estimate of drug-likeness (QED) is 0.554. The summed E-state index contributed by atoms with van der Waals surface area (Å²) in [4.78, 5) is 14.3. The van der Waals surface area contributed by atoms with Gasteiger partial charge in [0.2, 0.25) is 0 Å². The molecule has 2 aromatic rings. The molecule has 30 heavy (non-hydrogen) atoms. The number of alkyl halides is 3. The first-order valence-corrected chi connectivity index (χ1v) is 9.73. The molecule has 0 atom stereocenters. The van der Waals surface area contributed by atoms with Crippen LogP contribution in [-0.4, -0.2) is 23.9 Å². The van der Waals surface area contributed by atoms with Gasteiger partial charge in [-0.1, -0.05) is 36.4 Å². The molecule has 3 rings (SSSR count). The molecule has 0 spiro atoms. The Hall–Kier alpha value is -3.27. The van der Waals surface area contributed by atoms with Crippen LogP contribution in [0.15, 0.2) is 66.4 Å². The maximum absolute atomic E-state index is 12.8. The summed E-state index contributed by atoms with van der Waals surface area (Å²) in [7, 11) is 0. The molecule has 156 valence electrons. The van der Waals surface area contributed by atoms with E-state index in [1.54, 1.807) is 0 Å². The second-order valence-electron chi connectivity index (χ2n) is 7.36. The van der Waals surface area contributed by atoms with Crippen molar-refractivity contribution in [1.82, 2.24) is 4.90 Å². The number of hydrogen-bond acceptors (Lipinski definition) is 3. The summed E-state index contributed by atoms with van der Waals surface area (Å²) < 4.78 is 38.5. The number of nitrogens with one attached hydrogen (secondary N) is 1. The van der Waals surface area contributed by atoms with Crippen molar-refractivity contribution >= 4 is 11.6 Å². The molecule has 0 radical (unpaired) electrons. The zero-order valence-electron chi connectivity index (χ0n) is 16.3. The standard InChI is InChI=1S/C23H22F3N3O/c24-23(25,26)20-7-4-8-21(14-20)28-22(30)19(15-27)16-29-11-9-18(10-12-29)13-17-5-2-1-3-6-17/h1-8,14,16,18H,9-13H2,(H,28,30)/b19-16-. The molecule has 4 nitrogen and oxygen atoms in total. The van der Waals surface area contributed by atoms with Crippen LogP contribution in [0.3, 0.4) is 0 Å². The van der Waals surface area contributed by atoms with E-state index in [1.807, 2.05) is 29.2 Å². The average molecular weight is 413 g/mol. The fourth-order valence-electron chi connectivity index (χ4n) is 3.53. The Morgan fingerprint density at radius 1 is 1.13 bits per heavy atom. The molecular formula is C23H22F3N3O. The fraction of sp³-hybridized carbons (Fsp3) is 0.304. The Labute approximate surface area is 173 Å². The SMILES string of the molecule is N#C/C(=C/N1CCC(Cc2ccccc2)CC1)C(=O)Nc1cccc(C(F)(F)F)c1. The summed E-state index contributed by atoms with van der Waals surface area (Å²) in [6, 6.07) is 16.5. The minimum absolute atomic E-state index is 0.00227. The maximum Gasteiger partial charge on any atom is 0.416 e. The van der Waals surface area contributed by atoms with Crippen molar-refractivity contribution < 1.29 is 18.0 Å². The monoisotopic (exact) mass is 413 g/mol. The molecule has 0 aliphatic carbocycles. The van der Waals surface area contributed by atoms with Gasteiger partial charge in [0.05, 0.1) is 5.56 Å². The van der Waals surface area contributed by atoms with Crippen molar-refractivity contribution in [3.8, 4) is 6.07 Å². The second kappa shape index (κ2) is 9.49. The van der Waals surface area contributed by atoms with Crippen LogP contribution in [0.25, 0.3) is 0 Å². The first-order valence-electron chi connectivity index (χ1n) is 9.73. The van der Waals surface area contributed by atoms with Gasteiger partial charge in [-0.05, 0) is 48.9 Å². The van der Waals surface area contributed by atoms with Gasteiger partial charge in [-0.25, -0.2) is 0 Å². The smallest absolute Gasteiger partial charge is 0.376 e. The number of halogens is 3. The first kappa shape index (κ1) is 21.4. The van der Waals surface area contributed by atoms with E-state index < -0.39 is 17.6 Å². The molecule has 1 aliphatic heterocycles. The van der Waals surface area contributed by atoms with Gasteiger partial charge in [0, 0.05) is 25.0 Å². The van der Waals surface area contributed by atoms with Crippen molar-refractivity contribution in [2.24, 2.45) is 5.92 Å². The number of anilines is 1. The maximum atomic E-state index is 12.8. The van der Waals surface area contributed by atoms with E-state index in [0.29, 0.717) is 5.92 Å². The number of hydrogen-bond donors (Lipinski definition) is 1. The van der Waals surface area contributed by atoms with Crippen LogP contribution >= 0.6 is 0 Å². The first-order chi connectivity index (χ1) is 14.3. The second-order valence-corrected chi connectivity index (χ2v) is 7.36. The average Bonchev–Trinajstić information content (AvgIpc) is 2.73. The Kier molecular flexibility index (Phi) is 6.78. The summed E-state index contributed by atoms with van der Waals surface area (Å²) in [5.74, 6) is -0.176. The van der Waals surface area contributed by atoms with E-state index in [1.165, 1.54) is 23.9 Å². The van der Waals surface area contributed by atoms with Crippen LogP contribution in [0.4, 0.5) is 18.9 Å². The lowest BCUT2D eigenvalue weighted by Gasteiger charge is -2.31. The summed E-state index contributed by atoms with van der Waals surface area (Å²) in [5.41, 5.74) is 0.305. The Balaban J connectivity index is 1.58. The number of nitriles is 1. The minimum atomic E-state index is -4.50. The molecule has 0 aromatic heterocycles. The number of carbonyl (C=O) groups is 1. The molecule has 1 N–H and O–H groups in total. The van der Waals surface area contributed by atoms with Gasteiger partial charge in [0.1, 0.15) is 11.6 Å². The number of amides is 1. The lowest BCUT2D eigenvalue weighted by atomic mass is 9.90. The van der Waals surface area contributed by atoms with Crippen LogP contribution in [0, 0.1) is 17.2 Å². The third-order valence-corrected chi connectivity index (χ3v) is 5.14. The van der Waals surface area contributed by atoms with Gasteiger partial charge in [-0.3, -0.25) is 4.79 Å². The third kappa shape index (κ3) is 5.86. The van der Waals surface area contributed by atoms with E-state index in [9.17, 15) is 23.2 Å². The number of nitrogens with zero attached hydrogens (tertiary/aromatic N) is 2. The molecule has 1 fully saturated rings. The molecule has 0 unspecified atom stereocenters. The molecule has 0 bridgehead atoms. The van der Waals surface area contributed by atoms with E-state index in [-0.39, 0.29) is 11.3 Å². The van der Waals surface area contributed by atoms with Crippen LogP contribution in [0.2, 0.25) is 0 Å². The number of rotatable bonds is 5. The number of piperidine rings is 1. The zero-order chi connectivity index (χ0) is 21.6. The highest BCUT2D eigenvalue weighted by atomic mass is 19.4. The third-order valence-electron chi connectivity index (χ3n) is 5.14. The Morgan fingerprint density at radius 2 is 1.83 bits per heavy atom. The van der Waals surface area contributed by atoms with Gasteiger partial charge >= 0.3 is 6.18 Å². The molecule has 7 heteroatoms. The molecule has 1 aliphatic rings. The van der Waals surface area contributed by atoms with E-state index in [2.05, 4.69) is 17.4 Å². The van der Waals surface area contributed by atoms with Gasteiger partial charge in [0.15, 0.2) is 0 Å². The van der Waals surface area contributed by atoms with Gasteiger partial charge in [0.25, 0.3) is 5.91 Å². The van der Waals surface area contributed by atoms with Crippen molar-refractivity contribution in [3.05, 3.63) is 77.5 Å². The summed E-state index contributed by atoms with van der Waals surface area (Å²) in [6.07, 6.45) is -0.112. The highest BCUT2D eigenvalue weighted by Gasteiger charge is 2.30. The summed E-state index contributed by atoms with van der Waals surface area (Å²) in [6.45, 7) is 1.44. The van der Waals surface area contributed by atoms with Crippen molar-refractivity contribution in [2.75, 3.05) is 18.4 Å². The van der Waals surface area contributed by atoms with Crippen LogP contribution in [0.5, 0.6) is 0 Å². The van der Waals surface area contributed by atoms with Gasteiger partial charge in [-0.2, -0.15) is 18.4 Å². The summed E-state index contributed by atoms with van der Waals surface area (Å²) >= 11 is 0. The lowest BCUT2D eigenvalue weighted by molar-refractivity contribution is -0.137. The number of carbonyl (C=O) groups excluding carboxylic acids is 1.